The van der Waals surface area contributed by atoms with Crippen molar-refractivity contribution in [3.8, 4) is 0 Å². The van der Waals surface area contributed by atoms with E-state index in [1.165, 1.54) is 0 Å². The number of benzene rings is 2. The van der Waals surface area contributed by atoms with Crippen LogP contribution >= 0.6 is 11.6 Å². The topological polar surface area (TPSA) is 49.3 Å². The summed E-state index contributed by atoms with van der Waals surface area (Å²) >= 11 is 5.86. The van der Waals surface area contributed by atoms with Crippen LogP contribution in [-0.2, 0) is 16.8 Å². The van der Waals surface area contributed by atoms with Crippen LogP contribution in [0.2, 0.25) is 5.02 Å². The molecule has 102 valence electrons. The van der Waals surface area contributed by atoms with Crippen molar-refractivity contribution in [2.75, 3.05) is 5.32 Å². The number of rotatable bonds is 3. The van der Waals surface area contributed by atoms with Gasteiger partial charge in [0.2, 0.25) is 0 Å². The highest BCUT2D eigenvalue weighted by Gasteiger charge is 2.45. The Bertz CT molecular complexity index is 654. The number of aliphatic carboxylic acids is 1. The minimum Gasteiger partial charge on any atom is -0.479 e. The third kappa shape index (κ3) is 2.04. The van der Waals surface area contributed by atoms with Gasteiger partial charge in [0, 0.05) is 10.7 Å². The highest BCUT2D eigenvalue weighted by molar-refractivity contribution is 6.30. The molecule has 3 nitrogen and oxygen atoms in total. The number of nitrogens with one attached hydrogen (secondary N) is 1. The minimum absolute atomic E-state index is 0.546. The molecule has 0 radical (unpaired) electrons. The van der Waals surface area contributed by atoms with Crippen LogP contribution in [0.4, 0.5) is 5.69 Å². The van der Waals surface area contributed by atoms with Gasteiger partial charge in [0.05, 0.1) is 0 Å². The number of carboxylic acids is 1. The van der Waals surface area contributed by atoms with E-state index < -0.39 is 11.5 Å². The summed E-state index contributed by atoms with van der Waals surface area (Å²) in [6.07, 6.45) is 1.31. The number of aryl methyl sites for hydroxylation is 1. The van der Waals surface area contributed by atoms with Gasteiger partial charge in [-0.25, -0.2) is 4.79 Å². The fourth-order valence-electron chi connectivity index (χ4n) is 2.80. The number of hydrogen-bond acceptors (Lipinski definition) is 2. The molecular weight excluding hydrogens is 274 g/mol. The maximum Gasteiger partial charge on any atom is 0.334 e. The molecular formula is C16H14ClNO2. The Morgan fingerprint density at radius 2 is 1.85 bits per heavy atom. The summed E-state index contributed by atoms with van der Waals surface area (Å²) in [5.41, 5.74) is 1.65. The first-order chi connectivity index (χ1) is 9.62. The molecule has 4 heteroatoms. The van der Waals surface area contributed by atoms with E-state index in [0.717, 1.165) is 23.2 Å². The first-order valence-electron chi connectivity index (χ1n) is 6.47. The Kier molecular flexibility index (Phi) is 3.14. The Hall–Kier alpha value is -2.00. The summed E-state index contributed by atoms with van der Waals surface area (Å²) in [7, 11) is 0. The highest BCUT2D eigenvalue weighted by Crippen LogP contribution is 2.40. The second-order valence-electron chi connectivity index (χ2n) is 5.00. The van der Waals surface area contributed by atoms with Gasteiger partial charge in [-0.3, -0.25) is 0 Å². The summed E-state index contributed by atoms with van der Waals surface area (Å²) in [6.45, 7) is 0. The zero-order valence-electron chi connectivity index (χ0n) is 10.8. The second-order valence-corrected chi connectivity index (χ2v) is 5.44. The van der Waals surface area contributed by atoms with Crippen LogP contribution < -0.4 is 5.32 Å². The molecule has 2 N–H and O–H groups in total. The van der Waals surface area contributed by atoms with E-state index in [-0.39, 0.29) is 0 Å². The van der Waals surface area contributed by atoms with Crippen LogP contribution in [0.15, 0.2) is 48.5 Å². The molecule has 0 amide bonds. The van der Waals surface area contributed by atoms with Gasteiger partial charge in [-0.1, -0.05) is 35.9 Å². The molecule has 0 aliphatic heterocycles. The number of fused-ring (bicyclic) bond motifs is 1. The third-order valence-electron chi connectivity index (χ3n) is 3.81. The fourth-order valence-corrected chi connectivity index (χ4v) is 2.92. The van der Waals surface area contributed by atoms with Gasteiger partial charge < -0.3 is 10.4 Å². The molecule has 0 bridgehead atoms. The van der Waals surface area contributed by atoms with Crippen molar-refractivity contribution in [1.29, 1.82) is 0 Å². The van der Waals surface area contributed by atoms with E-state index in [9.17, 15) is 9.90 Å². The molecule has 2 aromatic carbocycles. The van der Waals surface area contributed by atoms with Crippen molar-refractivity contribution in [1.82, 2.24) is 0 Å². The van der Waals surface area contributed by atoms with Crippen LogP contribution in [0.5, 0.6) is 0 Å². The number of carboxylic acid groups (broad SMARTS) is 1. The number of anilines is 1. The molecule has 1 aliphatic rings. The third-order valence-corrected chi connectivity index (χ3v) is 4.07. The largest absolute Gasteiger partial charge is 0.479 e. The van der Waals surface area contributed by atoms with Crippen molar-refractivity contribution >= 4 is 23.3 Å². The van der Waals surface area contributed by atoms with Gasteiger partial charge in [-0.05, 0) is 48.2 Å². The number of hydrogen-bond donors (Lipinski definition) is 2. The number of halogens is 1. The zero-order valence-corrected chi connectivity index (χ0v) is 11.5. The average molecular weight is 288 g/mol. The van der Waals surface area contributed by atoms with Gasteiger partial charge in [0.1, 0.15) is 0 Å². The van der Waals surface area contributed by atoms with Crippen molar-refractivity contribution in [3.05, 3.63) is 64.7 Å². The average Bonchev–Trinajstić information content (AvgIpc) is 2.82. The lowest BCUT2D eigenvalue weighted by atomic mass is 9.91. The molecule has 1 aliphatic carbocycles. The Labute approximate surface area is 122 Å². The standard InChI is InChI=1S/C16H14ClNO2/c17-12-5-7-13(8-6-12)18-16(15(19)20)10-9-11-3-1-2-4-14(11)16/h1-8,18H,9-10H2,(H,19,20). The van der Waals surface area contributed by atoms with Crippen LogP contribution in [0.3, 0.4) is 0 Å². The molecule has 0 aromatic heterocycles. The quantitative estimate of drug-likeness (QED) is 0.905. The Morgan fingerprint density at radius 1 is 1.15 bits per heavy atom. The highest BCUT2D eigenvalue weighted by atomic mass is 35.5. The molecule has 2 aromatic rings. The lowest BCUT2D eigenvalue weighted by Gasteiger charge is -2.28. The van der Waals surface area contributed by atoms with Crippen molar-refractivity contribution in [2.45, 2.75) is 18.4 Å². The van der Waals surface area contributed by atoms with E-state index in [2.05, 4.69) is 5.32 Å². The lowest BCUT2D eigenvalue weighted by Crippen LogP contribution is -2.41. The van der Waals surface area contributed by atoms with E-state index in [0.29, 0.717) is 11.4 Å². The first kappa shape index (κ1) is 13.0. The zero-order chi connectivity index (χ0) is 14.2. The van der Waals surface area contributed by atoms with Crippen molar-refractivity contribution in [2.24, 2.45) is 0 Å². The molecule has 1 atom stereocenters. The van der Waals surface area contributed by atoms with Crippen LogP contribution in [0, 0.1) is 0 Å². The number of carbonyl (C=O) groups is 1. The van der Waals surface area contributed by atoms with Gasteiger partial charge in [0.15, 0.2) is 5.54 Å². The van der Waals surface area contributed by atoms with E-state index in [4.69, 9.17) is 11.6 Å². The maximum absolute atomic E-state index is 11.9. The monoisotopic (exact) mass is 287 g/mol. The second kappa shape index (κ2) is 4.84. The Morgan fingerprint density at radius 3 is 2.55 bits per heavy atom. The summed E-state index contributed by atoms with van der Waals surface area (Å²) in [5, 5.41) is 13.5. The predicted octanol–water partition coefficient (Wildman–Crippen LogP) is 3.68. The normalized spacial score (nSPS) is 20.4. The Balaban J connectivity index is 2.02. The van der Waals surface area contributed by atoms with E-state index >= 15 is 0 Å². The smallest absolute Gasteiger partial charge is 0.334 e. The van der Waals surface area contributed by atoms with Crippen molar-refractivity contribution < 1.29 is 9.90 Å². The van der Waals surface area contributed by atoms with E-state index in [1.54, 1.807) is 24.3 Å². The van der Waals surface area contributed by atoms with Crippen LogP contribution in [-0.4, -0.2) is 11.1 Å². The summed E-state index contributed by atoms with van der Waals surface area (Å²) in [6, 6.07) is 14.8. The molecule has 0 spiro atoms. The lowest BCUT2D eigenvalue weighted by molar-refractivity contribution is -0.142. The minimum atomic E-state index is -1.05. The van der Waals surface area contributed by atoms with Crippen LogP contribution in [0.25, 0.3) is 0 Å². The maximum atomic E-state index is 11.9. The molecule has 20 heavy (non-hydrogen) atoms. The summed E-state index contributed by atoms with van der Waals surface area (Å²) in [4.78, 5) is 11.9. The fraction of sp³-hybridized carbons (Fsp3) is 0.188. The van der Waals surface area contributed by atoms with Gasteiger partial charge in [-0.15, -0.1) is 0 Å². The first-order valence-corrected chi connectivity index (χ1v) is 6.85. The van der Waals surface area contributed by atoms with Crippen molar-refractivity contribution in [3.63, 3.8) is 0 Å². The molecule has 0 fully saturated rings. The molecule has 0 heterocycles. The van der Waals surface area contributed by atoms with Crippen LogP contribution in [0.1, 0.15) is 17.5 Å². The molecule has 0 saturated carbocycles. The van der Waals surface area contributed by atoms with Gasteiger partial charge in [-0.2, -0.15) is 0 Å². The molecule has 0 saturated heterocycles. The summed E-state index contributed by atoms with van der Waals surface area (Å²) < 4.78 is 0. The molecule has 1 unspecified atom stereocenters. The van der Waals surface area contributed by atoms with Gasteiger partial charge in [0.25, 0.3) is 0 Å². The van der Waals surface area contributed by atoms with E-state index in [1.807, 2.05) is 24.3 Å². The van der Waals surface area contributed by atoms with Gasteiger partial charge >= 0.3 is 5.97 Å². The molecule has 3 rings (SSSR count). The summed E-state index contributed by atoms with van der Waals surface area (Å²) in [5.74, 6) is -0.850. The SMILES string of the molecule is O=C(O)C1(Nc2ccc(Cl)cc2)CCc2ccccc21. The predicted molar refractivity (Wildman–Crippen MR) is 79.2 cm³/mol.